The van der Waals surface area contributed by atoms with Crippen LogP contribution in [-0.2, 0) is 6.18 Å². The maximum Gasteiger partial charge on any atom is 0.416 e. The van der Waals surface area contributed by atoms with Crippen LogP contribution in [0.2, 0.25) is 5.02 Å². The molecule has 1 saturated heterocycles. The van der Waals surface area contributed by atoms with Crippen molar-refractivity contribution in [2.75, 3.05) is 30.0 Å². The Morgan fingerprint density at radius 1 is 1.03 bits per heavy atom. The minimum absolute atomic E-state index is 0.222. The van der Waals surface area contributed by atoms with Crippen LogP contribution >= 0.6 is 23.4 Å². The van der Waals surface area contributed by atoms with Crippen molar-refractivity contribution in [1.29, 1.82) is 0 Å². The molecule has 0 bridgehead atoms. The van der Waals surface area contributed by atoms with Crippen molar-refractivity contribution in [2.24, 2.45) is 0 Å². The SMILES string of the molecule is CSCCCN1CC(c2cccc(C(F)(F)F)c2)N(c2ccc(Oc3ccc(Cl)cc3)cc2)C1=O. The van der Waals surface area contributed by atoms with Crippen molar-refractivity contribution in [2.45, 2.75) is 18.6 Å². The third kappa shape index (κ3) is 6.05. The molecule has 4 nitrogen and oxygen atoms in total. The minimum atomic E-state index is -4.46. The summed E-state index contributed by atoms with van der Waals surface area (Å²) in [7, 11) is 0. The van der Waals surface area contributed by atoms with Gasteiger partial charge in [0.1, 0.15) is 11.5 Å². The van der Waals surface area contributed by atoms with Gasteiger partial charge in [-0.2, -0.15) is 24.9 Å². The fourth-order valence-corrected chi connectivity index (χ4v) is 4.57. The number of nitrogens with zero attached hydrogens (tertiary/aromatic N) is 2. The zero-order valence-corrected chi connectivity index (χ0v) is 20.5. The van der Waals surface area contributed by atoms with Gasteiger partial charge in [0.15, 0.2) is 0 Å². The lowest BCUT2D eigenvalue weighted by molar-refractivity contribution is -0.137. The molecule has 0 radical (unpaired) electrons. The molecule has 0 aromatic heterocycles. The van der Waals surface area contributed by atoms with E-state index in [-0.39, 0.29) is 6.03 Å². The van der Waals surface area contributed by atoms with Crippen molar-refractivity contribution in [3.8, 4) is 11.5 Å². The predicted molar refractivity (Wildman–Crippen MR) is 135 cm³/mol. The lowest BCUT2D eigenvalue weighted by atomic mass is 10.0. The number of thioether (sulfide) groups is 1. The van der Waals surface area contributed by atoms with Crippen LogP contribution in [0.4, 0.5) is 23.7 Å². The lowest BCUT2D eigenvalue weighted by Crippen LogP contribution is -2.33. The first kappa shape index (κ1) is 25.3. The van der Waals surface area contributed by atoms with Crippen molar-refractivity contribution in [3.63, 3.8) is 0 Å². The van der Waals surface area contributed by atoms with E-state index in [0.29, 0.717) is 40.9 Å². The fraction of sp³-hybridized carbons (Fsp3) is 0.269. The van der Waals surface area contributed by atoms with E-state index < -0.39 is 17.8 Å². The number of rotatable bonds is 8. The van der Waals surface area contributed by atoms with Crippen LogP contribution in [0.1, 0.15) is 23.6 Å². The molecule has 4 rings (SSSR count). The summed E-state index contributed by atoms with van der Waals surface area (Å²) >= 11 is 7.60. The van der Waals surface area contributed by atoms with Crippen LogP contribution in [0.15, 0.2) is 72.8 Å². The molecule has 9 heteroatoms. The predicted octanol–water partition coefficient (Wildman–Crippen LogP) is 7.89. The molecule has 1 fully saturated rings. The van der Waals surface area contributed by atoms with Gasteiger partial charge in [-0.05, 0) is 84.7 Å². The van der Waals surface area contributed by atoms with Gasteiger partial charge in [0.05, 0.1) is 11.6 Å². The number of ether oxygens (including phenoxy) is 1. The van der Waals surface area contributed by atoms with Crippen LogP contribution in [0, 0.1) is 0 Å². The molecule has 1 heterocycles. The zero-order chi connectivity index (χ0) is 25.0. The molecule has 2 amide bonds. The van der Waals surface area contributed by atoms with Crippen molar-refractivity contribution >= 4 is 35.1 Å². The van der Waals surface area contributed by atoms with E-state index in [9.17, 15) is 18.0 Å². The molecule has 184 valence electrons. The average molecular weight is 521 g/mol. The first-order valence-electron chi connectivity index (χ1n) is 11.0. The van der Waals surface area contributed by atoms with Gasteiger partial charge in [0.2, 0.25) is 0 Å². The summed E-state index contributed by atoms with van der Waals surface area (Å²) in [6.45, 7) is 0.862. The standard InChI is InChI=1S/C26H24ClF3N2O2S/c1-35-15-3-14-31-17-24(18-4-2-5-19(16-18)26(28,29)30)32(25(31)33)21-8-12-23(13-9-21)34-22-10-6-20(27)7-11-22/h2,4-13,16,24H,3,14-15,17H2,1H3. The number of carbonyl (C=O) groups excluding carboxylic acids is 1. The maximum absolute atomic E-state index is 13.4. The molecule has 0 spiro atoms. The number of amides is 2. The van der Waals surface area contributed by atoms with Crippen LogP contribution < -0.4 is 9.64 Å². The molecule has 1 unspecified atom stereocenters. The summed E-state index contributed by atoms with van der Waals surface area (Å²) in [5, 5.41) is 0.600. The molecule has 3 aromatic carbocycles. The van der Waals surface area contributed by atoms with E-state index >= 15 is 0 Å². The van der Waals surface area contributed by atoms with E-state index in [4.69, 9.17) is 16.3 Å². The van der Waals surface area contributed by atoms with E-state index in [1.807, 2.05) is 6.26 Å². The van der Waals surface area contributed by atoms with Gasteiger partial charge in [-0.3, -0.25) is 4.90 Å². The molecular formula is C26H24ClF3N2O2S. The Morgan fingerprint density at radius 2 is 1.69 bits per heavy atom. The van der Waals surface area contributed by atoms with Gasteiger partial charge in [-0.1, -0.05) is 23.7 Å². The third-order valence-corrected chi connectivity index (χ3v) is 6.67. The number of carbonyl (C=O) groups is 1. The van der Waals surface area contributed by atoms with Crippen molar-refractivity contribution < 1.29 is 22.7 Å². The van der Waals surface area contributed by atoms with Crippen LogP contribution in [0.25, 0.3) is 0 Å². The normalized spacial score (nSPS) is 16.1. The molecule has 1 aliphatic rings. The highest BCUT2D eigenvalue weighted by atomic mass is 35.5. The van der Waals surface area contributed by atoms with Crippen molar-refractivity contribution in [1.82, 2.24) is 4.90 Å². The minimum Gasteiger partial charge on any atom is -0.457 e. The highest BCUT2D eigenvalue weighted by molar-refractivity contribution is 7.98. The van der Waals surface area contributed by atoms with Gasteiger partial charge < -0.3 is 9.64 Å². The third-order valence-electron chi connectivity index (χ3n) is 5.72. The number of anilines is 1. The Labute approximate surface area is 211 Å². The number of hydrogen-bond acceptors (Lipinski definition) is 3. The summed E-state index contributed by atoms with van der Waals surface area (Å²) < 4.78 is 45.9. The summed E-state index contributed by atoms with van der Waals surface area (Å²) in [4.78, 5) is 16.6. The fourth-order valence-electron chi connectivity index (χ4n) is 4.02. The van der Waals surface area contributed by atoms with E-state index in [1.165, 1.54) is 6.07 Å². The van der Waals surface area contributed by atoms with Gasteiger partial charge >= 0.3 is 12.2 Å². The van der Waals surface area contributed by atoms with Gasteiger partial charge in [0.25, 0.3) is 0 Å². The summed E-state index contributed by atoms with van der Waals surface area (Å²) in [5.41, 5.74) is 0.310. The van der Waals surface area contributed by atoms with Gasteiger partial charge in [-0.25, -0.2) is 4.79 Å². The average Bonchev–Trinajstić information content (AvgIpc) is 3.17. The largest absolute Gasteiger partial charge is 0.457 e. The van der Waals surface area contributed by atoms with E-state index in [1.54, 1.807) is 76.2 Å². The maximum atomic E-state index is 13.4. The number of urea groups is 1. The Hall–Kier alpha value is -2.84. The first-order valence-corrected chi connectivity index (χ1v) is 12.8. The molecule has 35 heavy (non-hydrogen) atoms. The van der Waals surface area contributed by atoms with Gasteiger partial charge in [0, 0.05) is 23.8 Å². The number of hydrogen-bond donors (Lipinski definition) is 0. The van der Waals surface area contributed by atoms with E-state index in [0.717, 1.165) is 24.3 Å². The number of halogens is 4. The summed E-state index contributed by atoms with van der Waals surface area (Å²) in [6, 6.07) is 18.3. The highest BCUT2D eigenvalue weighted by Crippen LogP contribution is 2.38. The Bertz CT molecular complexity index is 1160. The molecule has 1 aliphatic heterocycles. The summed E-state index contributed by atoms with van der Waals surface area (Å²) in [6.07, 6.45) is -1.65. The number of benzene rings is 3. The molecular weight excluding hydrogens is 497 g/mol. The van der Waals surface area contributed by atoms with Crippen molar-refractivity contribution in [3.05, 3.63) is 88.9 Å². The molecule has 1 atom stereocenters. The molecule has 0 saturated carbocycles. The number of alkyl halides is 3. The summed E-state index contributed by atoms with van der Waals surface area (Å²) in [5.74, 6) is 2.07. The smallest absolute Gasteiger partial charge is 0.416 e. The Morgan fingerprint density at radius 3 is 2.31 bits per heavy atom. The van der Waals surface area contributed by atoms with Crippen LogP contribution in [0.5, 0.6) is 11.5 Å². The highest BCUT2D eigenvalue weighted by Gasteiger charge is 2.40. The topological polar surface area (TPSA) is 32.8 Å². The second-order valence-electron chi connectivity index (χ2n) is 8.13. The van der Waals surface area contributed by atoms with Crippen LogP contribution in [0.3, 0.4) is 0 Å². The van der Waals surface area contributed by atoms with Crippen LogP contribution in [-0.4, -0.2) is 36.0 Å². The Kier molecular flexibility index (Phi) is 7.82. The Balaban J connectivity index is 1.61. The zero-order valence-electron chi connectivity index (χ0n) is 19.0. The second-order valence-corrected chi connectivity index (χ2v) is 9.56. The van der Waals surface area contributed by atoms with Gasteiger partial charge in [-0.15, -0.1) is 0 Å². The monoisotopic (exact) mass is 520 g/mol. The first-order chi connectivity index (χ1) is 16.8. The van der Waals surface area contributed by atoms with E-state index in [2.05, 4.69) is 0 Å². The molecule has 3 aromatic rings. The molecule has 0 N–H and O–H groups in total. The molecule has 0 aliphatic carbocycles. The second kappa shape index (κ2) is 10.8. The quantitative estimate of drug-likeness (QED) is 0.283. The lowest BCUT2D eigenvalue weighted by Gasteiger charge is -2.24.